The van der Waals surface area contributed by atoms with Crippen LogP contribution < -0.4 is 9.47 Å². The Hall–Kier alpha value is -1.86. The highest BCUT2D eigenvalue weighted by Gasteiger charge is 2.10. The standard InChI is InChI=1S/C17H26N4O2S/c1-6-23-14-8-7-13(9-15(14)22-5)10-20(4)11-21-17(24)18-16(19-21)12(2)3/h7-9,12H,6,10-11H2,1-5H3,(H,18,19,24). The average Bonchev–Trinajstić information content (AvgIpc) is 2.90. The fourth-order valence-corrected chi connectivity index (χ4v) is 2.62. The van der Waals surface area contributed by atoms with E-state index in [2.05, 4.69) is 34.9 Å². The fraction of sp³-hybridized carbons (Fsp3) is 0.529. The van der Waals surface area contributed by atoms with Crippen molar-refractivity contribution in [1.29, 1.82) is 0 Å². The third kappa shape index (κ3) is 4.58. The molecule has 0 atom stereocenters. The predicted molar refractivity (Wildman–Crippen MR) is 97.1 cm³/mol. The lowest BCUT2D eigenvalue weighted by Gasteiger charge is -2.18. The molecular weight excluding hydrogens is 324 g/mol. The minimum absolute atomic E-state index is 0.327. The van der Waals surface area contributed by atoms with E-state index in [1.54, 1.807) is 7.11 Å². The number of ether oxygens (including phenoxy) is 2. The third-order valence-corrected chi connectivity index (χ3v) is 3.92. The quantitative estimate of drug-likeness (QED) is 0.738. The Morgan fingerprint density at radius 3 is 2.67 bits per heavy atom. The minimum Gasteiger partial charge on any atom is -0.493 e. The molecule has 24 heavy (non-hydrogen) atoms. The maximum Gasteiger partial charge on any atom is 0.217 e. The van der Waals surface area contributed by atoms with Gasteiger partial charge in [0, 0.05) is 12.5 Å². The van der Waals surface area contributed by atoms with Gasteiger partial charge in [-0.05, 0) is 43.9 Å². The number of rotatable bonds is 8. The highest BCUT2D eigenvalue weighted by molar-refractivity contribution is 7.71. The van der Waals surface area contributed by atoms with Gasteiger partial charge in [0.25, 0.3) is 0 Å². The monoisotopic (exact) mass is 350 g/mol. The SMILES string of the molecule is CCOc1ccc(CN(C)Cn2[nH]c(C(C)C)nc2=S)cc1OC. The minimum atomic E-state index is 0.327. The van der Waals surface area contributed by atoms with Gasteiger partial charge in [-0.2, -0.15) is 0 Å². The molecule has 1 aromatic heterocycles. The van der Waals surface area contributed by atoms with E-state index in [9.17, 15) is 0 Å². The van der Waals surface area contributed by atoms with Gasteiger partial charge in [-0.15, -0.1) is 0 Å². The van der Waals surface area contributed by atoms with Gasteiger partial charge in [0.1, 0.15) is 5.82 Å². The van der Waals surface area contributed by atoms with Crippen LogP contribution in [0.5, 0.6) is 11.5 Å². The van der Waals surface area contributed by atoms with Crippen LogP contribution in [0.4, 0.5) is 0 Å². The zero-order chi connectivity index (χ0) is 17.7. The molecule has 0 saturated heterocycles. The Labute approximate surface area is 148 Å². The molecule has 0 aliphatic rings. The van der Waals surface area contributed by atoms with Crippen LogP contribution >= 0.6 is 12.2 Å². The highest BCUT2D eigenvalue weighted by Crippen LogP contribution is 2.28. The molecular formula is C17H26N4O2S. The summed E-state index contributed by atoms with van der Waals surface area (Å²) in [5, 5.41) is 3.26. The predicted octanol–water partition coefficient (Wildman–Crippen LogP) is 3.56. The fourth-order valence-electron chi connectivity index (χ4n) is 2.42. The number of benzene rings is 1. The summed E-state index contributed by atoms with van der Waals surface area (Å²) in [5.41, 5.74) is 1.15. The molecule has 1 heterocycles. The van der Waals surface area contributed by atoms with Crippen LogP contribution in [0, 0.1) is 4.77 Å². The van der Waals surface area contributed by atoms with Gasteiger partial charge >= 0.3 is 0 Å². The molecule has 7 heteroatoms. The lowest BCUT2D eigenvalue weighted by atomic mass is 10.2. The van der Waals surface area contributed by atoms with Gasteiger partial charge in [-0.1, -0.05) is 19.9 Å². The molecule has 0 aliphatic heterocycles. The molecule has 0 bridgehead atoms. The summed E-state index contributed by atoms with van der Waals surface area (Å²) in [6, 6.07) is 6.01. The van der Waals surface area contributed by atoms with Gasteiger partial charge in [0.05, 0.1) is 20.4 Å². The topological polar surface area (TPSA) is 55.3 Å². The second-order valence-corrected chi connectivity index (χ2v) is 6.41. The van der Waals surface area contributed by atoms with Crippen molar-refractivity contribution in [2.24, 2.45) is 0 Å². The molecule has 1 aromatic carbocycles. The summed E-state index contributed by atoms with van der Waals surface area (Å²) in [6.07, 6.45) is 0. The molecule has 2 aromatic rings. The summed E-state index contributed by atoms with van der Waals surface area (Å²) in [6.45, 7) is 8.17. The number of nitrogens with one attached hydrogen (secondary N) is 1. The van der Waals surface area contributed by atoms with E-state index in [1.165, 1.54) is 0 Å². The average molecular weight is 350 g/mol. The molecule has 0 radical (unpaired) electrons. The van der Waals surface area contributed by atoms with E-state index < -0.39 is 0 Å². The van der Waals surface area contributed by atoms with Crippen LogP contribution in [-0.4, -0.2) is 40.4 Å². The molecule has 0 fully saturated rings. The number of nitrogens with zero attached hydrogens (tertiary/aromatic N) is 3. The van der Waals surface area contributed by atoms with Gasteiger partial charge in [-0.3, -0.25) is 10.00 Å². The molecule has 0 spiro atoms. The van der Waals surface area contributed by atoms with E-state index in [4.69, 9.17) is 21.7 Å². The van der Waals surface area contributed by atoms with Crippen molar-refractivity contribution in [3.05, 3.63) is 34.4 Å². The van der Waals surface area contributed by atoms with Crippen molar-refractivity contribution in [1.82, 2.24) is 19.7 Å². The lowest BCUT2D eigenvalue weighted by molar-refractivity contribution is 0.243. The Balaban J connectivity index is 2.07. The van der Waals surface area contributed by atoms with Crippen molar-refractivity contribution in [2.45, 2.75) is 39.9 Å². The number of methoxy groups -OCH3 is 1. The van der Waals surface area contributed by atoms with Crippen molar-refractivity contribution in [2.75, 3.05) is 20.8 Å². The van der Waals surface area contributed by atoms with Crippen LogP contribution in [0.15, 0.2) is 18.2 Å². The Morgan fingerprint density at radius 1 is 1.33 bits per heavy atom. The second kappa shape index (κ2) is 8.30. The highest BCUT2D eigenvalue weighted by atomic mass is 32.1. The molecule has 1 N–H and O–H groups in total. The number of aromatic amines is 1. The first-order valence-corrected chi connectivity index (χ1v) is 8.50. The molecule has 2 rings (SSSR count). The van der Waals surface area contributed by atoms with Crippen LogP contribution in [0.25, 0.3) is 0 Å². The maximum absolute atomic E-state index is 5.55. The molecule has 0 saturated carbocycles. The van der Waals surface area contributed by atoms with Crippen molar-refractivity contribution in [3.63, 3.8) is 0 Å². The summed E-state index contributed by atoms with van der Waals surface area (Å²) in [4.78, 5) is 6.55. The normalized spacial score (nSPS) is 11.3. The van der Waals surface area contributed by atoms with E-state index in [-0.39, 0.29) is 0 Å². The zero-order valence-electron chi connectivity index (χ0n) is 15.0. The third-order valence-electron chi connectivity index (χ3n) is 3.61. The van der Waals surface area contributed by atoms with E-state index in [1.807, 2.05) is 30.8 Å². The van der Waals surface area contributed by atoms with Crippen LogP contribution in [0.2, 0.25) is 0 Å². The number of aromatic nitrogens is 3. The summed E-state index contributed by atoms with van der Waals surface area (Å²) < 4.78 is 13.4. The molecule has 6 nitrogen and oxygen atoms in total. The summed E-state index contributed by atoms with van der Waals surface area (Å²) >= 11 is 5.32. The van der Waals surface area contributed by atoms with E-state index in [0.29, 0.717) is 24.0 Å². The number of hydrogen-bond donors (Lipinski definition) is 1. The Kier molecular flexibility index (Phi) is 6.39. The number of H-pyrrole nitrogens is 1. The maximum atomic E-state index is 5.55. The Bertz CT molecular complexity index is 724. The second-order valence-electron chi connectivity index (χ2n) is 6.05. The van der Waals surface area contributed by atoms with Gasteiger partial charge in [0.15, 0.2) is 11.5 Å². The van der Waals surface area contributed by atoms with Gasteiger partial charge in [0.2, 0.25) is 4.77 Å². The smallest absolute Gasteiger partial charge is 0.217 e. The van der Waals surface area contributed by atoms with E-state index in [0.717, 1.165) is 29.4 Å². The van der Waals surface area contributed by atoms with Crippen LogP contribution in [0.3, 0.4) is 0 Å². The van der Waals surface area contributed by atoms with E-state index >= 15 is 0 Å². The summed E-state index contributed by atoms with van der Waals surface area (Å²) in [5.74, 6) is 2.76. The largest absolute Gasteiger partial charge is 0.493 e. The molecule has 0 aliphatic carbocycles. The van der Waals surface area contributed by atoms with Crippen LogP contribution in [-0.2, 0) is 13.2 Å². The Morgan fingerprint density at radius 2 is 2.08 bits per heavy atom. The lowest BCUT2D eigenvalue weighted by Crippen LogP contribution is -2.22. The van der Waals surface area contributed by atoms with Crippen molar-refractivity contribution < 1.29 is 9.47 Å². The summed E-state index contributed by atoms with van der Waals surface area (Å²) in [7, 11) is 3.70. The van der Waals surface area contributed by atoms with Gasteiger partial charge in [-0.25, -0.2) is 9.67 Å². The first kappa shape index (κ1) is 18.5. The zero-order valence-corrected chi connectivity index (χ0v) is 15.8. The van der Waals surface area contributed by atoms with Crippen molar-refractivity contribution >= 4 is 12.2 Å². The first-order valence-electron chi connectivity index (χ1n) is 8.09. The van der Waals surface area contributed by atoms with Crippen LogP contribution in [0.1, 0.15) is 38.1 Å². The van der Waals surface area contributed by atoms with Crippen molar-refractivity contribution in [3.8, 4) is 11.5 Å². The van der Waals surface area contributed by atoms with Gasteiger partial charge < -0.3 is 9.47 Å². The molecule has 0 amide bonds. The molecule has 0 unspecified atom stereocenters. The number of hydrogen-bond acceptors (Lipinski definition) is 5. The first-order chi connectivity index (χ1) is 11.4. The molecule has 132 valence electrons.